The van der Waals surface area contributed by atoms with Crippen LogP contribution in [0.5, 0.6) is 0 Å². The highest BCUT2D eigenvalue weighted by Crippen LogP contribution is 2.16. The summed E-state index contributed by atoms with van der Waals surface area (Å²) in [5, 5.41) is 3.75. The van der Waals surface area contributed by atoms with Crippen LogP contribution in [-0.4, -0.2) is 28.2 Å². The average Bonchev–Trinajstić information content (AvgIpc) is 2.48. The van der Waals surface area contributed by atoms with E-state index >= 15 is 0 Å². The van der Waals surface area contributed by atoms with Gasteiger partial charge in [0.05, 0.1) is 5.56 Å². The van der Waals surface area contributed by atoms with Crippen LogP contribution in [0.2, 0.25) is 0 Å². The third kappa shape index (κ3) is 3.81. The number of amides is 1. The molecule has 0 saturated carbocycles. The van der Waals surface area contributed by atoms with E-state index in [-0.39, 0.29) is 11.9 Å². The molecule has 1 amide bonds. The molecule has 2 aromatic rings. The Kier molecular flexibility index (Phi) is 5.12. The van der Waals surface area contributed by atoms with Gasteiger partial charge < -0.3 is 5.32 Å². The summed E-state index contributed by atoms with van der Waals surface area (Å²) in [6.45, 7) is 1.99. The lowest BCUT2D eigenvalue weighted by Crippen LogP contribution is -2.34. The molecule has 1 N–H and O–H groups in total. The molecule has 104 valence electrons. The number of nitrogens with zero attached hydrogens (tertiary/aromatic N) is 2. The van der Waals surface area contributed by atoms with E-state index < -0.39 is 0 Å². The van der Waals surface area contributed by atoms with E-state index in [1.165, 1.54) is 11.8 Å². The Morgan fingerprint density at radius 2 is 2.15 bits per heavy atom. The average molecular weight is 287 g/mol. The third-order valence-corrected chi connectivity index (χ3v) is 3.56. The Hall–Kier alpha value is -1.88. The normalized spacial score (nSPS) is 11.9. The van der Waals surface area contributed by atoms with E-state index in [9.17, 15) is 4.79 Å². The summed E-state index contributed by atoms with van der Waals surface area (Å²) in [7, 11) is 0. The van der Waals surface area contributed by atoms with Gasteiger partial charge >= 0.3 is 0 Å². The lowest BCUT2D eigenvalue weighted by molar-refractivity contribution is 0.0936. The van der Waals surface area contributed by atoms with Gasteiger partial charge in [-0.3, -0.25) is 9.78 Å². The molecule has 0 fully saturated rings. The molecule has 0 aliphatic carbocycles. The summed E-state index contributed by atoms with van der Waals surface area (Å²) >= 11 is 1.47. The fourth-order valence-electron chi connectivity index (χ4n) is 1.95. The van der Waals surface area contributed by atoms with Gasteiger partial charge in [-0.2, -0.15) is 0 Å². The quantitative estimate of drug-likeness (QED) is 0.859. The molecule has 0 saturated heterocycles. The standard InChI is InChI=1S/C15H17N3OS/c1-11(9-12-5-3-7-16-10-12)18-14(19)13-6-4-8-17-15(13)20-2/h3-8,10-11H,9H2,1-2H3,(H,18,19). The highest BCUT2D eigenvalue weighted by Gasteiger charge is 2.14. The van der Waals surface area contributed by atoms with Gasteiger partial charge in [0, 0.05) is 24.6 Å². The lowest BCUT2D eigenvalue weighted by Gasteiger charge is -2.14. The maximum Gasteiger partial charge on any atom is 0.254 e. The van der Waals surface area contributed by atoms with Crippen molar-refractivity contribution in [1.82, 2.24) is 15.3 Å². The van der Waals surface area contributed by atoms with Gasteiger partial charge in [-0.25, -0.2) is 4.98 Å². The van der Waals surface area contributed by atoms with Crippen molar-refractivity contribution >= 4 is 17.7 Å². The van der Waals surface area contributed by atoms with Crippen molar-refractivity contribution in [3.63, 3.8) is 0 Å². The number of hydrogen-bond donors (Lipinski definition) is 1. The maximum absolute atomic E-state index is 12.2. The van der Waals surface area contributed by atoms with Crippen LogP contribution in [0, 0.1) is 0 Å². The van der Waals surface area contributed by atoms with Gasteiger partial charge in [0.1, 0.15) is 5.03 Å². The first-order valence-corrected chi connectivity index (χ1v) is 7.62. The number of hydrogen-bond acceptors (Lipinski definition) is 4. The van der Waals surface area contributed by atoms with Crippen LogP contribution < -0.4 is 5.32 Å². The molecule has 0 aromatic carbocycles. The number of carbonyl (C=O) groups is 1. The highest BCUT2D eigenvalue weighted by atomic mass is 32.2. The van der Waals surface area contributed by atoms with Crippen LogP contribution in [0.1, 0.15) is 22.8 Å². The number of rotatable bonds is 5. The molecule has 0 aliphatic rings. The highest BCUT2D eigenvalue weighted by molar-refractivity contribution is 7.98. The topological polar surface area (TPSA) is 54.9 Å². The molecule has 2 aromatic heterocycles. The minimum atomic E-state index is -0.0844. The molecule has 0 radical (unpaired) electrons. The fourth-order valence-corrected chi connectivity index (χ4v) is 2.50. The molecule has 1 atom stereocenters. The number of aromatic nitrogens is 2. The first kappa shape index (κ1) is 14.5. The summed E-state index contributed by atoms with van der Waals surface area (Å²) < 4.78 is 0. The van der Waals surface area contributed by atoms with Crippen molar-refractivity contribution in [2.45, 2.75) is 24.4 Å². The lowest BCUT2D eigenvalue weighted by atomic mass is 10.1. The predicted octanol–water partition coefficient (Wildman–Crippen LogP) is 2.56. The van der Waals surface area contributed by atoms with Gasteiger partial charge in [-0.05, 0) is 43.4 Å². The van der Waals surface area contributed by atoms with Crippen LogP contribution in [0.25, 0.3) is 0 Å². The van der Waals surface area contributed by atoms with Crippen molar-refractivity contribution in [2.24, 2.45) is 0 Å². The zero-order valence-corrected chi connectivity index (χ0v) is 12.4. The summed E-state index contributed by atoms with van der Waals surface area (Å²) in [6, 6.07) is 7.52. The Bertz CT molecular complexity index is 574. The third-order valence-electron chi connectivity index (χ3n) is 2.85. The Balaban J connectivity index is 2.00. The minimum absolute atomic E-state index is 0.0432. The zero-order valence-electron chi connectivity index (χ0n) is 11.5. The van der Waals surface area contributed by atoms with E-state index in [2.05, 4.69) is 15.3 Å². The number of pyridine rings is 2. The number of carbonyl (C=O) groups excluding carboxylic acids is 1. The molecule has 2 rings (SSSR count). The first-order chi connectivity index (χ1) is 9.70. The van der Waals surface area contributed by atoms with Gasteiger partial charge in [-0.1, -0.05) is 6.07 Å². The summed E-state index contributed by atoms with van der Waals surface area (Å²) in [5.41, 5.74) is 1.73. The van der Waals surface area contributed by atoms with E-state index in [0.29, 0.717) is 5.56 Å². The summed E-state index contributed by atoms with van der Waals surface area (Å²) in [6.07, 6.45) is 7.93. The Morgan fingerprint density at radius 1 is 1.35 bits per heavy atom. The second-order valence-electron chi connectivity index (χ2n) is 4.50. The SMILES string of the molecule is CSc1ncccc1C(=O)NC(C)Cc1cccnc1. The summed E-state index contributed by atoms with van der Waals surface area (Å²) in [4.78, 5) is 20.5. The predicted molar refractivity (Wildman–Crippen MR) is 80.9 cm³/mol. The van der Waals surface area contributed by atoms with E-state index in [0.717, 1.165) is 17.0 Å². The van der Waals surface area contributed by atoms with Crippen LogP contribution in [0.4, 0.5) is 0 Å². The van der Waals surface area contributed by atoms with Crippen molar-refractivity contribution in [1.29, 1.82) is 0 Å². The van der Waals surface area contributed by atoms with E-state index in [1.54, 1.807) is 24.5 Å². The van der Waals surface area contributed by atoms with E-state index in [4.69, 9.17) is 0 Å². The van der Waals surface area contributed by atoms with Crippen molar-refractivity contribution in [2.75, 3.05) is 6.26 Å². The van der Waals surface area contributed by atoms with Crippen molar-refractivity contribution in [3.8, 4) is 0 Å². The molecule has 20 heavy (non-hydrogen) atoms. The van der Waals surface area contributed by atoms with Crippen LogP contribution in [-0.2, 0) is 6.42 Å². The fraction of sp³-hybridized carbons (Fsp3) is 0.267. The Labute approximate surface area is 123 Å². The second kappa shape index (κ2) is 7.05. The molecular weight excluding hydrogens is 270 g/mol. The number of nitrogens with one attached hydrogen (secondary N) is 1. The largest absolute Gasteiger partial charge is 0.349 e. The molecule has 0 spiro atoms. The van der Waals surface area contributed by atoms with Crippen LogP contribution in [0.15, 0.2) is 47.9 Å². The van der Waals surface area contributed by atoms with Crippen LogP contribution in [0.3, 0.4) is 0 Å². The van der Waals surface area contributed by atoms with Crippen molar-refractivity contribution in [3.05, 3.63) is 54.0 Å². The minimum Gasteiger partial charge on any atom is -0.349 e. The van der Waals surface area contributed by atoms with Gasteiger partial charge in [0.25, 0.3) is 5.91 Å². The maximum atomic E-state index is 12.2. The molecule has 1 unspecified atom stereocenters. The van der Waals surface area contributed by atoms with Gasteiger partial charge in [0.2, 0.25) is 0 Å². The smallest absolute Gasteiger partial charge is 0.254 e. The van der Waals surface area contributed by atoms with E-state index in [1.807, 2.05) is 31.5 Å². The molecule has 0 bridgehead atoms. The van der Waals surface area contributed by atoms with Crippen molar-refractivity contribution < 1.29 is 4.79 Å². The molecule has 2 heterocycles. The Morgan fingerprint density at radius 3 is 2.85 bits per heavy atom. The van der Waals surface area contributed by atoms with Gasteiger partial charge in [-0.15, -0.1) is 11.8 Å². The second-order valence-corrected chi connectivity index (χ2v) is 5.30. The molecule has 4 nitrogen and oxygen atoms in total. The van der Waals surface area contributed by atoms with Gasteiger partial charge in [0.15, 0.2) is 0 Å². The molecular formula is C15H17N3OS. The molecule has 5 heteroatoms. The monoisotopic (exact) mass is 287 g/mol. The molecule has 0 aliphatic heterocycles. The summed E-state index contributed by atoms with van der Waals surface area (Å²) in [5.74, 6) is -0.0844. The zero-order chi connectivity index (χ0) is 14.4. The first-order valence-electron chi connectivity index (χ1n) is 6.39. The van der Waals surface area contributed by atoms with Crippen LogP contribution >= 0.6 is 11.8 Å². The number of thioether (sulfide) groups is 1.